The van der Waals surface area contributed by atoms with E-state index in [0.717, 1.165) is 12.2 Å². The van der Waals surface area contributed by atoms with Crippen molar-refractivity contribution in [1.82, 2.24) is 14.7 Å². The second-order valence-corrected chi connectivity index (χ2v) is 5.44. The molecule has 1 aliphatic heterocycles. The lowest BCUT2D eigenvalue weighted by molar-refractivity contribution is -0.0201. The van der Waals surface area contributed by atoms with E-state index in [2.05, 4.69) is 10.00 Å². The van der Waals surface area contributed by atoms with E-state index in [0.29, 0.717) is 31.9 Å². The number of aliphatic hydroxyl groups is 1. The van der Waals surface area contributed by atoms with Crippen LogP contribution in [0.4, 0.5) is 4.39 Å². The number of rotatable bonds is 5. The number of benzene rings is 1. The van der Waals surface area contributed by atoms with Gasteiger partial charge in [0.25, 0.3) is 0 Å². The van der Waals surface area contributed by atoms with Crippen LogP contribution in [0.2, 0.25) is 0 Å². The van der Waals surface area contributed by atoms with Gasteiger partial charge >= 0.3 is 0 Å². The van der Waals surface area contributed by atoms with E-state index in [1.165, 1.54) is 12.1 Å². The number of nitrogens with zero attached hydrogens (tertiary/aromatic N) is 3. The van der Waals surface area contributed by atoms with Gasteiger partial charge < -0.3 is 9.84 Å². The monoisotopic (exact) mass is 305 g/mol. The van der Waals surface area contributed by atoms with Crippen molar-refractivity contribution in [1.29, 1.82) is 0 Å². The molecule has 22 heavy (non-hydrogen) atoms. The fourth-order valence-electron chi connectivity index (χ4n) is 2.73. The van der Waals surface area contributed by atoms with E-state index in [1.54, 1.807) is 10.7 Å². The summed E-state index contributed by atoms with van der Waals surface area (Å²) in [5.74, 6) is -0.272. The summed E-state index contributed by atoms with van der Waals surface area (Å²) in [5, 5.41) is 13.7. The zero-order chi connectivity index (χ0) is 15.4. The average Bonchev–Trinajstić information content (AvgIpc) is 2.98. The van der Waals surface area contributed by atoms with Crippen LogP contribution in [0.25, 0.3) is 5.69 Å². The van der Waals surface area contributed by atoms with Crippen LogP contribution in [-0.4, -0.2) is 52.2 Å². The number of morpholine rings is 1. The van der Waals surface area contributed by atoms with Crippen LogP contribution < -0.4 is 0 Å². The van der Waals surface area contributed by atoms with E-state index in [9.17, 15) is 4.39 Å². The molecule has 0 aliphatic carbocycles. The summed E-state index contributed by atoms with van der Waals surface area (Å²) >= 11 is 0. The fourth-order valence-corrected chi connectivity index (χ4v) is 2.73. The molecule has 1 fully saturated rings. The van der Waals surface area contributed by atoms with Crippen molar-refractivity contribution < 1.29 is 14.2 Å². The molecule has 1 unspecified atom stereocenters. The molecule has 1 aromatic heterocycles. The van der Waals surface area contributed by atoms with Crippen LogP contribution in [0.3, 0.4) is 0 Å². The van der Waals surface area contributed by atoms with Gasteiger partial charge in [-0.2, -0.15) is 5.10 Å². The predicted octanol–water partition coefficient (Wildman–Crippen LogP) is 1.59. The molecule has 2 heterocycles. The third-order valence-corrected chi connectivity index (χ3v) is 3.89. The Kier molecular flexibility index (Phi) is 4.82. The minimum atomic E-state index is -0.272. The number of halogens is 1. The molecule has 1 N–H and O–H groups in total. The van der Waals surface area contributed by atoms with Gasteiger partial charge in [-0.25, -0.2) is 9.07 Å². The Bertz CT molecular complexity index is 615. The van der Waals surface area contributed by atoms with Crippen molar-refractivity contribution in [2.75, 3.05) is 26.4 Å². The first-order valence-corrected chi connectivity index (χ1v) is 7.49. The third kappa shape index (κ3) is 3.52. The molecule has 0 amide bonds. The molecule has 3 rings (SSSR count). The lowest BCUT2D eigenvalue weighted by atomic mass is 10.1. The first kappa shape index (κ1) is 15.1. The Morgan fingerprint density at radius 1 is 1.36 bits per heavy atom. The van der Waals surface area contributed by atoms with Crippen LogP contribution in [0.15, 0.2) is 36.5 Å². The highest BCUT2D eigenvalue weighted by Gasteiger charge is 2.23. The zero-order valence-electron chi connectivity index (χ0n) is 12.4. The quantitative estimate of drug-likeness (QED) is 0.911. The van der Waals surface area contributed by atoms with Crippen LogP contribution >= 0.6 is 0 Å². The van der Waals surface area contributed by atoms with E-state index in [-0.39, 0.29) is 18.5 Å². The van der Waals surface area contributed by atoms with Crippen molar-refractivity contribution in [3.63, 3.8) is 0 Å². The highest BCUT2D eigenvalue weighted by Crippen LogP contribution is 2.15. The van der Waals surface area contributed by atoms with Gasteiger partial charge in [-0.05, 0) is 30.7 Å². The van der Waals surface area contributed by atoms with Crippen LogP contribution in [0, 0.1) is 5.82 Å². The van der Waals surface area contributed by atoms with Crippen molar-refractivity contribution in [2.24, 2.45) is 0 Å². The standard InChI is InChI=1S/C16H20FN3O2/c17-13-2-1-3-15(10-13)20-6-4-14(18-20)11-19-7-9-22-12-16(19)5-8-21/h1-4,6,10,16,21H,5,7-9,11-12H2. The first-order chi connectivity index (χ1) is 10.8. The topological polar surface area (TPSA) is 50.5 Å². The summed E-state index contributed by atoms with van der Waals surface area (Å²) in [7, 11) is 0. The Hall–Kier alpha value is -1.76. The number of ether oxygens (including phenoxy) is 1. The van der Waals surface area contributed by atoms with Crippen molar-refractivity contribution in [3.8, 4) is 5.69 Å². The number of aliphatic hydroxyl groups excluding tert-OH is 1. The molecule has 0 radical (unpaired) electrons. The first-order valence-electron chi connectivity index (χ1n) is 7.49. The summed E-state index contributed by atoms with van der Waals surface area (Å²) in [5.41, 5.74) is 1.63. The minimum Gasteiger partial charge on any atom is -0.396 e. The maximum atomic E-state index is 13.3. The number of hydrogen-bond donors (Lipinski definition) is 1. The van der Waals surface area contributed by atoms with Gasteiger partial charge in [0.15, 0.2) is 0 Å². The zero-order valence-corrected chi connectivity index (χ0v) is 12.4. The van der Waals surface area contributed by atoms with Crippen LogP contribution in [0.5, 0.6) is 0 Å². The van der Waals surface area contributed by atoms with E-state index in [4.69, 9.17) is 9.84 Å². The smallest absolute Gasteiger partial charge is 0.125 e. The number of hydrogen-bond acceptors (Lipinski definition) is 4. The second kappa shape index (κ2) is 7.00. The van der Waals surface area contributed by atoms with Gasteiger partial charge in [0, 0.05) is 31.9 Å². The second-order valence-electron chi connectivity index (χ2n) is 5.44. The lowest BCUT2D eigenvalue weighted by Gasteiger charge is -2.34. The molecule has 5 nitrogen and oxygen atoms in total. The van der Waals surface area contributed by atoms with Gasteiger partial charge in [-0.15, -0.1) is 0 Å². The van der Waals surface area contributed by atoms with Crippen LogP contribution in [0.1, 0.15) is 12.1 Å². The highest BCUT2D eigenvalue weighted by atomic mass is 19.1. The van der Waals surface area contributed by atoms with Gasteiger partial charge in [-0.3, -0.25) is 4.90 Å². The Morgan fingerprint density at radius 2 is 2.27 bits per heavy atom. The summed E-state index contributed by atoms with van der Waals surface area (Å²) in [6, 6.07) is 8.53. The van der Waals surface area contributed by atoms with Crippen molar-refractivity contribution in [2.45, 2.75) is 19.0 Å². The lowest BCUT2D eigenvalue weighted by Crippen LogP contribution is -2.45. The maximum Gasteiger partial charge on any atom is 0.125 e. The molecular weight excluding hydrogens is 285 g/mol. The minimum absolute atomic E-state index is 0.155. The molecular formula is C16H20FN3O2. The molecule has 118 valence electrons. The molecule has 6 heteroatoms. The fraction of sp³-hybridized carbons (Fsp3) is 0.438. The normalized spacial score (nSPS) is 19.5. The molecule has 0 spiro atoms. The summed E-state index contributed by atoms with van der Waals surface area (Å²) in [4.78, 5) is 2.28. The Labute approximate surface area is 128 Å². The molecule has 1 saturated heterocycles. The summed E-state index contributed by atoms with van der Waals surface area (Å²) in [6.45, 7) is 3.04. The molecule has 1 aliphatic rings. The molecule has 0 bridgehead atoms. The highest BCUT2D eigenvalue weighted by molar-refractivity contribution is 5.31. The van der Waals surface area contributed by atoms with Gasteiger partial charge in [0.1, 0.15) is 5.82 Å². The SMILES string of the molecule is OCCC1COCCN1Cc1ccn(-c2cccc(F)c2)n1. The maximum absolute atomic E-state index is 13.3. The van der Waals surface area contributed by atoms with E-state index in [1.807, 2.05) is 18.3 Å². The van der Waals surface area contributed by atoms with Crippen molar-refractivity contribution in [3.05, 3.63) is 48.0 Å². The van der Waals surface area contributed by atoms with E-state index >= 15 is 0 Å². The van der Waals surface area contributed by atoms with Gasteiger partial charge in [0.05, 0.1) is 24.6 Å². The summed E-state index contributed by atoms with van der Waals surface area (Å²) in [6.07, 6.45) is 2.54. The Balaban J connectivity index is 1.71. The molecule has 1 aromatic carbocycles. The predicted molar refractivity (Wildman–Crippen MR) is 80.2 cm³/mol. The van der Waals surface area contributed by atoms with E-state index < -0.39 is 0 Å². The molecule has 2 aromatic rings. The third-order valence-electron chi connectivity index (χ3n) is 3.89. The van der Waals surface area contributed by atoms with Gasteiger partial charge in [0.2, 0.25) is 0 Å². The largest absolute Gasteiger partial charge is 0.396 e. The van der Waals surface area contributed by atoms with Crippen molar-refractivity contribution >= 4 is 0 Å². The molecule has 0 saturated carbocycles. The summed E-state index contributed by atoms with van der Waals surface area (Å²) < 4.78 is 20.4. The van der Waals surface area contributed by atoms with Gasteiger partial charge in [-0.1, -0.05) is 6.07 Å². The Morgan fingerprint density at radius 3 is 3.09 bits per heavy atom. The van der Waals surface area contributed by atoms with Crippen LogP contribution in [-0.2, 0) is 11.3 Å². The molecule has 1 atom stereocenters. The average molecular weight is 305 g/mol. The number of aromatic nitrogens is 2.